The van der Waals surface area contributed by atoms with E-state index in [4.69, 9.17) is 4.42 Å². The number of hydrogen-bond acceptors (Lipinski definition) is 1. The van der Waals surface area contributed by atoms with E-state index in [1.807, 2.05) is 24.3 Å². The van der Waals surface area contributed by atoms with Crippen molar-refractivity contribution in [3.05, 3.63) is 77.2 Å². The maximum Gasteiger partial charge on any atom is 0.216 e. The Morgan fingerprint density at radius 3 is 2.37 bits per heavy atom. The van der Waals surface area contributed by atoms with Crippen LogP contribution >= 0.6 is 0 Å². The number of halogens is 1. The van der Waals surface area contributed by atoms with Gasteiger partial charge in [0, 0.05) is 33.9 Å². The number of rotatable bonds is 2. The number of hydrogen-bond donors (Lipinski definition) is 0. The van der Waals surface area contributed by atoms with E-state index in [0.717, 1.165) is 38.6 Å². The van der Waals surface area contributed by atoms with Gasteiger partial charge in [0.1, 0.15) is 24.0 Å². The molecule has 0 amide bonds. The molecule has 0 fully saturated rings. The second-order valence-corrected chi connectivity index (χ2v) is 8.58. The third kappa shape index (κ3) is 2.65. The Morgan fingerprint density at radius 1 is 0.900 bits per heavy atom. The molecule has 0 N–H and O–H groups in total. The quantitative estimate of drug-likeness (QED) is 0.290. The van der Waals surface area contributed by atoms with E-state index in [1.54, 1.807) is 0 Å². The standard InChI is InChI=1S/C27H25FNO/c1-15(2)21-12-23(29(5)14-17(21)4)25-16(3)10-11-20-26-19-9-7-6-8-18(19)22(28)13-24(26)30-27(20)25/h6-15H,1-5H3/q+1. The lowest BCUT2D eigenvalue weighted by Gasteiger charge is -2.12. The van der Waals surface area contributed by atoms with Gasteiger partial charge in [-0.05, 0) is 36.3 Å². The summed E-state index contributed by atoms with van der Waals surface area (Å²) in [5.41, 5.74) is 7.32. The molecule has 0 radical (unpaired) electrons. The Kier molecular flexibility index (Phi) is 4.18. The molecule has 0 aliphatic heterocycles. The lowest BCUT2D eigenvalue weighted by molar-refractivity contribution is -0.660. The molecule has 3 heteroatoms. The van der Waals surface area contributed by atoms with E-state index in [-0.39, 0.29) is 5.82 Å². The summed E-state index contributed by atoms with van der Waals surface area (Å²) in [6.07, 6.45) is 2.18. The van der Waals surface area contributed by atoms with Crippen molar-refractivity contribution in [2.75, 3.05) is 0 Å². The van der Waals surface area contributed by atoms with Crippen molar-refractivity contribution < 1.29 is 13.4 Å². The molecule has 0 saturated carbocycles. The largest absolute Gasteiger partial charge is 0.455 e. The molecule has 3 aromatic carbocycles. The molecule has 2 aromatic heterocycles. The van der Waals surface area contributed by atoms with Crippen molar-refractivity contribution in [1.29, 1.82) is 0 Å². The van der Waals surface area contributed by atoms with E-state index in [9.17, 15) is 4.39 Å². The van der Waals surface area contributed by atoms with Crippen LogP contribution in [0, 0.1) is 19.7 Å². The van der Waals surface area contributed by atoms with Gasteiger partial charge in [0.05, 0.1) is 5.56 Å². The molecule has 150 valence electrons. The number of benzene rings is 3. The van der Waals surface area contributed by atoms with E-state index in [0.29, 0.717) is 16.9 Å². The Bertz CT molecular complexity index is 1460. The van der Waals surface area contributed by atoms with Crippen LogP contribution < -0.4 is 4.57 Å². The number of fused-ring (bicyclic) bond motifs is 5. The minimum atomic E-state index is -0.251. The summed E-state index contributed by atoms with van der Waals surface area (Å²) < 4.78 is 23.2. The van der Waals surface area contributed by atoms with Gasteiger partial charge < -0.3 is 4.42 Å². The highest BCUT2D eigenvalue weighted by atomic mass is 19.1. The van der Waals surface area contributed by atoms with Crippen molar-refractivity contribution >= 4 is 32.7 Å². The Balaban J connectivity index is 1.93. The van der Waals surface area contributed by atoms with Crippen molar-refractivity contribution in [3.8, 4) is 11.3 Å². The molecular formula is C27H25FNO+. The summed E-state index contributed by atoms with van der Waals surface area (Å²) in [4.78, 5) is 0. The van der Waals surface area contributed by atoms with Gasteiger partial charge in [0.15, 0.2) is 6.20 Å². The fourth-order valence-corrected chi connectivity index (χ4v) is 4.75. The van der Waals surface area contributed by atoms with Gasteiger partial charge in [-0.1, -0.05) is 50.2 Å². The Morgan fingerprint density at radius 2 is 1.63 bits per heavy atom. The van der Waals surface area contributed by atoms with E-state index < -0.39 is 0 Å². The first-order valence-corrected chi connectivity index (χ1v) is 10.4. The summed E-state index contributed by atoms with van der Waals surface area (Å²) in [5.74, 6) is 0.177. The first kappa shape index (κ1) is 18.8. The molecule has 5 aromatic rings. The molecule has 2 heterocycles. The van der Waals surface area contributed by atoms with Crippen molar-refractivity contribution in [2.24, 2.45) is 7.05 Å². The zero-order chi connectivity index (χ0) is 21.2. The average Bonchev–Trinajstić information content (AvgIpc) is 3.07. The monoisotopic (exact) mass is 398 g/mol. The first-order valence-electron chi connectivity index (χ1n) is 10.4. The summed E-state index contributed by atoms with van der Waals surface area (Å²) in [6, 6.07) is 15.6. The SMILES string of the molecule is Cc1c[n+](C)c(-c2c(C)ccc3c2oc2cc(F)c4ccccc4c23)cc1C(C)C. The zero-order valence-corrected chi connectivity index (χ0v) is 18.0. The first-order chi connectivity index (χ1) is 14.4. The van der Waals surface area contributed by atoms with Crippen molar-refractivity contribution in [1.82, 2.24) is 0 Å². The van der Waals surface area contributed by atoms with Crippen molar-refractivity contribution in [3.63, 3.8) is 0 Å². The number of pyridine rings is 1. The minimum absolute atomic E-state index is 0.251. The molecule has 5 rings (SSSR count). The van der Waals surface area contributed by atoms with Gasteiger partial charge in [0.2, 0.25) is 5.69 Å². The van der Waals surface area contributed by atoms with Crippen LogP contribution in [0.25, 0.3) is 44.0 Å². The van der Waals surface area contributed by atoms with Crippen LogP contribution in [-0.2, 0) is 7.05 Å². The van der Waals surface area contributed by atoms with Gasteiger partial charge in [-0.3, -0.25) is 0 Å². The average molecular weight is 399 g/mol. The summed E-state index contributed by atoms with van der Waals surface area (Å²) in [7, 11) is 2.07. The van der Waals surface area contributed by atoms with Crippen LogP contribution in [0.5, 0.6) is 0 Å². The highest BCUT2D eigenvalue weighted by Crippen LogP contribution is 2.41. The van der Waals surface area contributed by atoms with Crippen LogP contribution in [0.1, 0.15) is 36.5 Å². The van der Waals surface area contributed by atoms with Crippen LogP contribution in [0.3, 0.4) is 0 Å². The molecule has 0 aliphatic carbocycles. The smallest absolute Gasteiger partial charge is 0.216 e. The predicted octanol–water partition coefficient (Wildman–Crippen LogP) is 7.11. The minimum Gasteiger partial charge on any atom is -0.455 e. The fourth-order valence-electron chi connectivity index (χ4n) is 4.75. The predicted molar refractivity (Wildman–Crippen MR) is 121 cm³/mol. The molecule has 0 saturated heterocycles. The molecule has 0 bridgehead atoms. The Hall–Kier alpha value is -3.20. The van der Waals surface area contributed by atoms with Crippen LogP contribution in [-0.4, -0.2) is 0 Å². The molecular weight excluding hydrogens is 373 g/mol. The third-order valence-electron chi connectivity index (χ3n) is 6.20. The summed E-state index contributed by atoms with van der Waals surface area (Å²) in [5, 5.41) is 3.51. The molecule has 0 aliphatic rings. The lowest BCUT2D eigenvalue weighted by atomic mass is 9.94. The molecule has 30 heavy (non-hydrogen) atoms. The lowest BCUT2D eigenvalue weighted by Crippen LogP contribution is -2.32. The second kappa shape index (κ2) is 6.66. The fraction of sp³-hybridized carbons (Fsp3) is 0.222. The maximum absolute atomic E-state index is 14.7. The van der Waals surface area contributed by atoms with Crippen LogP contribution in [0.2, 0.25) is 0 Å². The molecule has 0 atom stereocenters. The van der Waals surface area contributed by atoms with Gasteiger partial charge in [0.25, 0.3) is 0 Å². The van der Waals surface area contributed by atoms with E-state index in [1.165, 1.54) is 17.2 Å². The van der Waals surface area contributed by atoms with E-state index >= 15 is 0 Å². The highest BCUT2D eigenvalue weighted by Gasteiger charge is 2.24. The summed E-state index contributed by atoms with van der Waals surface area (Å²) >= 11 is 0. The molecule has 2 nitrogen and oxygen atoms in total. The number of nitrogens with zero attached hydrogens (tertiary/aromatic N) is 1. The Labute approximate surface area is 175 Å². The zero-order valence-electron chi connectivity index (χ0n) is 18.0. The van der Waals surface area contributed by atoms with Crippen molar-refractivity contribution in [2.45, 2.75) is 33.6 Å². The number of aromatic nitrogens is 1. The third-order valence-corrected chi connectivity index (χ3v) is 6.20. The van der Waals surface area contributed by atoms with E-state index in [2.05, 4.69) is 63.7 Å². The highest BCUT2D eigenvalue weighted by molar-refractivity contribution is 6.20. The van der Waals surface area contributed by atoms with Gasteiger partial charge in [-0.2, -0.15) is 0 Å². The summed E-state index contributed by atoms with van der Waals surface area (Å²) in [6.45, 7) is 8.70. The normalized spacial score (nSPS) is 12.0. The van der Waals surface area contributed by atoms with Gasteiger partial charge >= 0.3 is 0 Å². The number of aryl methyl sites for hydroxylation is 3. The molecule has 0 spiro atoms. The molecule has 0 unspecified atom stereocenters. The topological polar surface area (TPSA) is 17.0 Å². The number of furan rings is 1. The second-order valence-electron chi connectivity index (χ2n) is 8.58. The maximum atomic E-state index is 14.7. The van der Waals surface area contributed by atoms with Gasteiger partial charge in [-0.15, -0.1) is 0 Å². The van der Waals surface area contributed by atoms with Crippen LogP contribution in [0.4, 0.5) is 4.39 Å². The van der Waals surface area contributed by atoms with Gasteiger partial charge in [-0.25, -0.2) is 8.96 Å². The van der Waals surface area contributed by atoms with Crippen LogP contribution in [0.15, 0.2) is 59.1 Å².